The van der Waals surface area contributed by atoms with Gasteiger partial charge in [0.25, 0.3) is 17.4 Å². The third-order valence-corrected chi connectivity index (χ3v) is 5.32. The quantitative estimate of drug-likeness (QED) is 0.534. The number of hydrogen-bond donors (Lipinski definition) is 4. The smallest absolute Gasteiger partial charge is 0.291 e. The number of nitrogens with one attached hydrogen (secondary N) is 2. The molecule has 0 saturated carbocycles. The van der Waals surface area contributed by atoms with E-state index in [-0.39, 0.29) is 54.3 Å². The predicted octanol–water partition coefficient (Wildman–Crippen LogP) is 1.96. The van der Waals surface area contributed by atoms with Gasteiger partial charge in [-0.2, -0.15) is 0 Å². The van der Waals surface area contributed by atoms with Crippen molar-refractivity contribution in [2.24, 2.45) is 0 Å². The van der Waals surface area contributed by atoms with Crippen molar-refractivity contribution >= 4 is 23.4 Å². The number of aliphatic hydroxyl groups is 1. The molecular formula is C21H23ClFN3O5. The zero-order valence-electron chi connectivity index (χ0n) is 17.1. The maximum Gasteiger partial charge on any atom is 0.291 e. The Morgan fingerprint density at radius 1 is 1.35 bits per heavy atom. The fraction of sp³-hybridized carbons (Fsp3) is 0.381. The van der Waals surface area contributed by atoms with Gasteiger partial charge in [-0.3, -0.25) is 14.4 Å². The molecular weight excluding hydrogens is 429 g/mol. The van der Waals surface area contributed by atoms with Crippen molar-refractivity contribution in [3.63, 3.8) is 0 Å². The number of fused-ring (bicyclic) bond motifs is 1. The van der Waals surface area contributed by atoms with Gasteiger partial charge in [-0.25, -0.2) is 4.39 Å². The lowest BCUT2D eigenvalue weighted by Crippen LogP contribution is -2.40. The van der Waals surface area contributed by atoms with Gasteiger partial charge in [0.05, 0.1) is 16.2 Å². The SMILES string of the molecule is CC(C)(O)CCNC(=O)c1[nH]c(=O)c(O)c2c1CCN(Cc1ccc(F)c(Cl)c1)C2=O. The Hall–Kier alpha value is -2.91. The molecule has 31 heavy (non-hydrogen) atoms. The Morgan fingerprint density at radius 3 is 2.71 bits per heavy atom. The molecule has 1 aromatic heterocycles. The molecule has 0 unspecified atom stereocenters. The summed E-state index contributed by atoms with van der Waals surface area (Å²) in [6, 6.07) is 4.08. The summed E-state index contributed by atoms with van der Waals surface area (Å²) >= 11 is 5.80. The summed E-state index contributed by atoms with van der Waals surface area (Å²) < 4.78 is 13.4. The van der Waals surface area contributed by atoms with Crippen molar-refractivity contribution in [2.45, 2.75) is 38.8 Å². The van der Waals surface area contributed by atoms with E-state index < -0.39 is 34.5 Å². The lowest BCUT2D eigenvalue weighted by atomic mass is 9.96. The number of aromatic hydroxyl groups is 1. The molecule has 8 nitrogen and oxygen atoms in total. The van der Waals surface area contributed by atoms with E-state index in [0.717, 1.165) is 0 Å². The standard InChI is InChI=1S/C21H23ClFN3O5/c1-21(2,31)6-7-24-18(28)16-12-5-8-26(10-11-3-4-14(23)13(22)9-11)20(30)15(12)17(27)19(29)25-16/h3-4,9,27,31H,5-8,10H2,1-2H3,(H,24,28)(H,25,29). The number of amides is 2. The number of benzene rings is 1. The van der Waals surface area contributed by atoms with E-state index in [1.807, 2.05) is 0 Å². The summed E-state index contributed by atoms with van der Waals surface area (Å²) in [4.78, 5) is 41.5. The van der Waals surface area contributed by atoms with Crippen LogP contribution in [-0.4, -0.2) is 50.6 Å². The predicted molar refractivity (Wildman–Crippen MR) is 112 cm³/mol. The van der Waals surface area contributed by atoms with Gasteiger partial charge in [-0.1, -0.05) is 17.7 Å². The highest BCUT2D eigenvalue weighted by atomic mass is 35.5. The highest BCUT2D eigenvalue weighted by molar-refractivity contribution is 6.30. The number of carbonyl (C=O) groups is 2. The minimum atomic E-state index is -0.977. The van der Waals surface area contributed by atoms with Crippen LogP contribution in [-0.2, 0) is 13.0 Å². The summed E-state index contributed by atoms with van der Waals surface area (Å²) in [6.45, 7) is 3.68. The van der Waals surface area contributed by atoms with Crippen LogP contribution < -0.4 is 10.9 Å². The molecule has 1 aliphatic rings. The number of nitrogens with zero attached hydrogens (tertiary/aromatic N) is 1. The Kier molecular flexibility index (Phi) is 6.38. The molecule has 3 rings (SSSR count). The fourth-order valence-corrected chi connectivity index (χ4v) is 3.59. The second-order valence-corrected chi connectivity index (χ2v) is 8.48. The van der Waals surface area contributed by atoms with Crippen molar-refractivity contribution in [1.29, 1.82) is 0 Å². The van der Waals surface area contributed by atoms with Gasteiger partial charge in [-0.15, -0.1) is 0 Å². The van der Waals surface area contributed by atoms with E-state index in [1.54, 1.807) is 13.8 Å². The Bertz CT molecular complexity index is 1090. The molecule has 2 aromatic rings. The molecule has 0 fully saturated rings. The first-order valence-electron chi connectivity index (χ1n) is 9.70. The summed E-state index contributed by atoms with van der Waals surface area (Å²) in [6.07, 6.45) is 0.505. The second kappa shape index (κ2) is 8.68. The van der Waals surface area contributed by atoms with E-state index in [0.29, 0.717) is 5.56 Å². The second-order valence-electron chi connectivity index (χ2n) is 8.07. The number of carbonyl (C=O) groups excluding carboxylic acids is 2. The molecule has 1 aromatic carbocycles. The zero-order valence-corrected chi connectivity index (χ0v) is 17.8. The van der Waals surface area contributed by atoms with Crippen molar-refractivity contribution in [3.8, 4) is 5.75 Å². The van der Waals surface area contributed by atoms with Crippen LogP contribution in [0.5, 0.6) is 5.75 Å². The van der Waals surface area contributed by atoms with Crippen molar-refractivity contribution < 1.29 is 24.2 Å². The number of hydrogen-bond acceptors (Lipinski definition) is 5. The summed E-state index contributed by atoms with van der Waals surface area (Å²) in [5, 5.41) is 22.5. The van der Waals surface area contributed by atoms with Crippen LogP contribution in [0.1, 0.15) is 52.2 Å². The summed E-state index contributed by atoms with van der Waals surface area (Å²) in [7, 11) is 0. The number of halogens is 2. The maximum absolute atomic E-state index is 13.4. The van der Waals surface area contributed by atoms with Crippen LogP contribution in [0.2, 0.25) is 5.02 Å². The first-order valence-corrected chi connectivity index (χ1v) is 10.1. The van der Waals surface area contributed by atoms with Gasteiger partial charge in [0, 0.05) is 19.6 Å². The Balaban J connectivity index is 1.87. The largest absolute Gasteiger partial charge is 0.502 e. The number of aromatic amines is 1. The zero-order chi connectivity index (χ0) is 22.9. The van der Waals surface area contributed by atoms with E-state index in [4.69, 9.17) is 11.6 Å². The summed E-state index contributed by atoms with van der Waals surface area (Å²) in [5.74, 6) is -2.56. The van der Waals surface area contributed by atoms with Crippen molar-refractivity contribution in [2.75, 3.05) is 13.1 Å². The number of pyridine rings is 1. The molecule has 0 bridgehead atoms. The number of rotatable bonds is 6. The molecule has 0 radical (unpaired) electrons. The maximum atomic E-state index is 13.4. The number of H-pyrrole nitrogens is 1. The molecule has 0 aliphatic carbocycles. The van der Waals surface area contributed by atoms with E-state index in [1.165, 1.54) is 23.1 Å². The Morgan fingerprint density at radius 2 is 2.06 bits per heavy atom. The minimum absolute atomic E-state index is 0.0772. The molecule has 166 valence electrons. The van der Waals surface area contributed by atoms with E-state index in [9.17, 15) is 29.0 Å². The van der Waals surface area contributed by atoms with Crippen molar-refractivity contribution in [1.82, 2.24) is 15.2 Å². The van der Waals surface area contributed by atoms with Gasteiger partial charge in [0.1, 0.15) is 11.5 Å². The van der Waals surface area contributed by atoms with Crippen LogP contribution in [0.25, 0.3) is 0 Å². The highest BCUT2D eigenvalue weighted by Gasteiger charge is 2.33. The lowest BCUT2D eigenvalue weighted by Gasteiger charge is -2.30. The molecule has 0 spiro atoms. The van der Waals surface area contributed by atoms with Crippen LogP contribution in [0.4, 0.5) is 4.39 Å². The third kappa shape index (κ3) is 5.05. The molecule has 0 saturated heterocycles. The Labute approximate surface area is 182 Å². The van der Waals surface area contributed by atoms with Gasteiger partial charge < -0.3 is 25.4 Å². The van der Waals surface area contributed by atoms with Crippen LogP contribution in [0.15, 0.2) is 23.0 Å². The molecule has 10 heteroatoms. The molecule has 0 atom stereocenters. The lowest BCUT2D eigenvalue weighted by molar-refractivity contribution is 0.0692. The minimum Gasteiger partial charge on any atom is -0.502 e. The van der Waals surface area contributed by atoms with E-state index >= 15 is 0 Å². The molecule has 2 heterocycles. The van der Waals surface area contributed by atoms with Crippen LogP contribution in [0, 0.1) is 5.82 Å². The van der Waals surface area contributed by atoms with Gasteiger partial charge >= 0.3 is 0 Å². The van der Waals surface area contributed by atoms with Gasteiger partial charge in [-0.05, 0) is 49.9 Å². The first kappa shape index (κ1) is 22.8. The molecule has 1 aliphatic heterocycles. The highest BCUT2D eigenvalue weighted by Crippen LogP contribution is 2.28. The average molecular weight is 452 g/mol. The average Bonchev–Trinajstić information content (AvgIpc) is 2.68. The summed E-state index contributed by atoms with van der Waals surface area (Å²) in [5.41, 5.74) is -1.42. The van der Waals surface area contributed by atoms with Gasteiger partial charge in [0.15, 0.2) is 5.75 Å². The number of aromatic nitrogens is 1. The van der Waals surface area contributed by atoms with Crippen LogP contribution >= 0.6 is 11.6 Å². The van der Waals surface area contributed by atoms with Gasteiger partial charge in [0.2, 0.25) is 0 Å². The first-order chi connectivity index (χ1) is 14.5. The van der Waals surface area contributed by atoms with Crippen LogP contribution in [0.3, 0.4) is 0 Å². The topological polar surface area (TPSA) is 123 Å². The monoisotopic (exact) mass is 451 g/mol. The third-order valence-electron chi connectivity index (χ3n) is 5.03. The normalized spacial score (nSPS) is 13.8. The fourth-order valence-electron chi connectivity index (χ4n) is 3.39. The molecule has 2 amide bonds. The van der Waals surface area contributed by atoms with Crippen molar-refractivity contribution in [3.05, 3.63) is 61.8 Å². The molecule has 4 N–H and O–H groups in total. The van der Waals surface area contributed by atoms with E-state index in [2.05, 4.69) is 10.3 Å².